The van der Waals surface area contributed by atoms with Gasteiger partial charge in [-0.1, -0.05) is 0 Å². The molecule has 2 fully saturated rings. The van der Waals surface area contributed by atoms with Gasteiger partial charge in [-0.3, -0.25) is 9.59 Å². The van der Waals surface area contributed by atoms with Crippen LogP contribution in [-0.4, -0.2) is 42.8 Å². The molecular formula is C18H21F3N2O2. The van der Waals surface area contributed by atoms with Crippen molar-refractivity contribution in [1.29, 1.82) is 0 Å². The predicted octanol–water partition coefficient (Wildman–Crippen LogP) is 2.52. The third-order valence-electron chi connectivity index (χ3n) is 4.88. The molecule has 0 radical (unpaired) electrons. The summed E-state index contributed by atoms with van der Waals surface area (Å²) in [6.07, 6.45) is 3.13. The lowest BCUT2D eigenvalue weighted by Gasteiger charge is -2.31. The number of hydrogen-bond acceptors (Lipinski definition) is 3. The summed E-state index contributed by atoms with van der Waals surface area (Å²) in [7, 11) is 0. The van der Waals surface area contributed by atoms with Crippen molar-refractivity contribution in [3.05, 3.63) is 35.1 Å². The van der Waals surface area contributed by atoms with Gasteiger partial charge in [0.1, 0.15) is 17.5 Å². The van der Waals surface area contributed by atoms with Crippen LogP contribution in [0.1, 0.15) is 36.0 Å². The average Bonchev–Trinajstić information content (AvgIpc) is 3.38. The lowest BCUT2D eigenvalue weighted by Crippen LogP contribution is -2.44. The van der Waals surface area contributed by atoms with Gasteiger partial charge in [-0.15, -0.1) is 0 Å². The number of ketones is 1. The van der Waals surface area contributed by atoms with E-state index < -0.39 is 34.7 Å². The van der Waals surface area contributed by atoms with E-state index in [1.165, 1.54) is 12.8 Å². The van der Waals surface area contributed by atoms with Crippen LogP contribution in [0.5, 0.6) is 0 Å². The van der Waals surface area contributed by atoms with Gasteiger partial charge < -0.3 is 10.2 Å². The fraction of sp³-hybridized carbons (Fsp3) is 0.556. The normalized spacial score (nSPS) is 18.4. The molecular weight excluding hydrogens is 333 g/mol. The molecule has 1 aromatic carbocycles. The predicted molar refractivity (Wildman–Crippen MR) is 85.5 cm³/mol. The Labute approximate surface area is 144 Å². The molecule has 0 spiro atoms. The molecule has 0 bridgehead atoms. The lowest BCUT2D eigenvalue weighted by atomic mass is 9.88. The highest BCUT2D eigenvalue weighted by Gasteiger charge is 2.31. The summed E-state index contributed by atoms with van der Waals surface area (Å²) in [5.41, 5.74) is -0.683. The number of nitrogens with zero attached hydrogens (tertiary/aromatic N) is 1. The Hall–Kier alpha value is -1.89. The molecule has 2 aliphatic rings. The smallest absolute Gasteiger partial charge is 0.236 e. The Morgan fingerprint density at radius 2 is 1.64 bits per heavy atom. The van der Waals surface area contributed by atoms with Crippen LogP contribution >= 0.6 is 0 Å². The van der Waals surface area contributed by atoms with Gasteiger partial charge >= 0.3 is 0 Å². The van der Waals surface area contributed by atoms with Crippen molar-refractivity contribution < 1.29 is 22.8 Å². The average molecular weight is 354 g/mol. The Morgan fingerprint density at radius 1 is 1.04 bits per heavy atom. The molecule has 4 nitrogen and oxygen atoms in total. The Morgan fingerprint density at radius 3 is 2.20 bits per heavy atom. The van der Waals surface area contributed by atoms with Crippen molar-refractivity contribution in [3.8, 4) is 0 Å². The Kier molecular flexibility index (Phi) is 5.42. The molecule has 1 saturated heterocycles. The Balaban J connectivity index is 1.53. The number of carbonyl (C=O) groups is 2. The van der Waals surface area contributed by atoms with Gasteiger partial charge in [-0.05, 0) is 38.1 Å². The SMILES string of the molecule is O=C(c1c(F)cc(F)cc1F)C1CCN(C(=O)CNCC2CC2)CC1. The number of nitrogens with one attached hydrogen (secondary N) is 1. The third kappa shape index (κ3) is 4.39. The number of hydrogen-bond donors (Lipinski definition) is 1. The second-order valence-corrected chi connectivity index (χ2v) is 6.84. The van der Waals surface area contributed by atoms with Crippen LogP contribution < -0.4 is 5.32 Å². The quantitative estimate of drug-likeness (QED) is 0.799. The number of halogens is 3. The molecule has 1 heterocycles. The maximum absolute atomic E-state index is 13.8. The van der Waals surface area contributed by atoms with Gasteiger partial charge in [0, 0.05) is 31.1 Å². The van der Waals surface area contributed by atoms with Crippen LogP contribution in [0.25, 0.3) is 0 Å². The largest absolute Gasteiger partial charge is 0.342 e. The molecule has 1 aliphatic carbocycles. The van der Waals surface area contributed by atoms with Crippen LogP contribution in [0, 0.1) is 29.3 Å². The third-order valence-corrected chi connectivity index (χ3v) is 4.88. The minimum absolute atomic E-state index is 0.0225. The van der Waals surface area contributed by atoms with E-state index in [0.717, 1.165) is 6.54 Å². The van der Waals surface area contributed by atoms with Gasteiger partial charge in [-0.25, -0.2) is 13.2 Å². The summed E-state index contributed by atoms with van der Waals surface area (Å²) in [5.74, 6) is -3.95. The van der Waals surface area contributed by atoms with Gasteiger partial charge in [0.15, 0.2) is 5.78 Å². The highest BCUT2D eigenvalue weighted by molar-refractivity contribution is 5.98. The van der Waals surface area contributed by atoms with Crippen molar-refractivity contribution in [2.24, 2.45) is 11.8 Å². The minimum Gasteiger partial charge on any atom is -0.342 e. The molecule has 1 aliphatic heterocycles. The van der Waals surface area contributed by atoms with Gasteiger partial charge in [-0.2, -0.15) is 0 Å². The second kappa shape index (κ2) is 7.56. The number of amides is 1. The lowest BCUT2D eigenvalue weighted by molar-refractivity contribution is -0.131. The van der Waals surface area contributed by atoms with E-state index in [1.807, 2.05) is 0 Å². The Bertz CT molecular complexity index is 645. The highest BCUT2D eigenvalue weighted by Crippen LogP contribution is 2.28. The summed E-state index contributed by atoms with van der Waals surface area (Å²) < 4.78 is 40.5. The van der Waals surface area contributed by atoms with Crippen LogP contribution in [-0.2, 0) is 4.79 Å². The van der Waals surface area contributed by atoms with Crippen molar-refractivity contribution in [1.82, 2.24) is 10.2 Å². The molecule has 7 heteroatoms. The van der Waals surface area contributed by atoms with E-state index >= 15 is 0 Å². The van der Waals surface area contributed by atoms with E-state index in [1.54, 1.807) is 4.90 Å². The summed E-state index contributed by atoms with van der Waals surface area (Å²) in [5, 5.41) is 3.13. The highest BCUT2D eigenvalue weighted by atomic mass is 19.1. The molecule has 0 unspecified atom stereocenters. The number of piperidine rings is 1. The maximum atomic E-state index is 13.8. The van der Waals surface area contributed by atoms with Gasteiger partial charge in [0.25, 0.3) is 0 Å². The van der Waals surface area contributed by atoms with Gasteiger partial charge in [0.05, 0.1) is 12.1 Å². The number of likely N-dealkylation sites (tertiary alicyclic amines) is 1. The molecule has 1 saturated carbocycles. The van der Waals surface area contributed by atoms with Gasteiger partial charge in [0.2, 0.25) is 5.91 Å². The zero-order chi connectivity index (χ0) is 18.0. The number of rotatable bonds is 6. The van der Waals surface area contributed by atoms with Crippen molar-refractivity contribution in [2.45, 2.75) is 25.7 Å². The summed E-state index contributed by atoms with van der Waals surface area (Å²) >= 11 is 0. The topological polar surface area (TPSA) is 49.4 Å². The molecule has 136 valence electrons. The fourth-order valence-electron chi connectivity index (χ4n) is 3.19. The fourth-order valence-corrected chi connectivity index (χ4v) is 3.19. The van der Waals surface area contributed by atoms with Crippen molar-refractivity contribution in [2.75, 3.05) is 26.2 Å². The van der Waals surface area contributed by atoms with E-state index in [-0.39, 0.29) is 12.5 Å². The molecule has 1 amide bonds. The first-order chi connectivity index (χ1) is 12.0. The first kappa shape index (κ1) is 17.9. The first-order valence-electron chi connectivity index (χ1n) is 8.63. The van der Waals surface area contributed by atoms with Crippen molar-refractivity contribution >= 4 is 11.7 Å². The van der Waals surface area contributed by atoms with E-state index in [2.05, 4.69) is 5.32 Å². The van der Waals surface area contributed by atoms with E-state index in [0.29, 0.717) is 44.0 Å². The molecule has 1 N–H and O–H groups in total. The second-order valence-electron chi connectivity index (χ2n) is 6.84. The van der Waals surface area contributed by atoms with Crippen LogP contribution in [0.15, 0.2) is 12.1 Å². The van der Waals surface area contributed by atoms with E-state index in [4.69, 9.17) is 0 Å². The number of carbonyl (C=O) groups excluding carboxylic acids is 2. The maximum Gasteiger partial charge on any atom is 0.236 e. The van der Waals surface area contributed by atoms with Crippen LogP contribution in [0.2, 0.25) is 0 Å². The molecule has 3 rings (SSSR count). The molecule has 25 heavy (non-hydrogen) atoms. The number of benzene rings is 1. The standard InChI is InChI=1S/C18H21F3N2O2/c19-13-7-14(20)17(15(21)8-13)18(25)12-3-5-23(6-4-12)16(24)10-22-9-11-1-2-11/h7-8,11-12,22H,1-6,9-10H2. The first-order valence-corrected chi connectivity index (χ1v) is 8.63. The monoisotopic (exact) mass is 354 g/mol. The van der Waals surface area contributed by atoms with Crippen LogP contribution in [0.4, 0.5) is 13.2 Å². The summed E-state index contributed by atoms with van der Waals surface area (Å²) in [6.45, 7) is 1.88. The van der Waals surface area contributed by atoms with Crippen molar-refractivity contribution in [3.63, 3.8) is 0 Å². The molecule has 1 aromatic rings. The zero-order valence-corrected chi connectivity index (χ0v) is 13.9. The summed E-state index contributed by atoms with van der Waals surface area (Å²) in [6, 6.07) is 1.03. The minimum atomic E-state index is -1.18. The summed E-state index contributed by atoms with van der Waals surface area (Å²) in [4.78, 5) is 26.1. The molecule has 0 atom stereocenters. The number of Topliss-reactive ketones (excluding diaryl/α,β-unsaturated/α-hetero) is 1. The zero-order valence-electron chi connectivity index (χ0n) is 13.9. The van der Waals surface area contributed by atoms with E-state index in [9.17, 15) is 22.8 Å². The molecule has 0 aromatic heterocycles. The van der Waals surface area contributed by atoms with Crippen LogP contribution in [0.3, 0.4) is 0 Å².